The molecule has 0 N–H and O–H groups in total. The maximum absolute atomic E-state index is 11.1. The summed E-state index contributed by atoms with van der Waals surface area (Å²) in [6.45, 7) is 9.75. The van der Waals surface area contributed by atoms with Crippen LogP contribution in [0, 0.1) is 5.92 Å². The lowest BCUT2D eigenvalue weighted by Gasteiger charge is -2.25. The molecule has 2 heteroatoms. The normalized spacial score (nSPS) is 13.5. The third-order valence-corrected chi connectivity index (χ3v) is 2.93. The van der Waals surface area contributed by atoms with Crippen LogP contribution in [-0.4, -0.2) is 30.3 Å². The van der Waals surface area contributed by atoms with E-state index < -0.39 is 0 Å². The highest BCUT2D eigenvalue weighted by molar-refractivity contribution is 5.77. The van der Waals surface area contributed by atoms with Crippen LogP contribution >= 0.6 is 0 Å². The van der Waals surface area contributed by atoms with Crippen LogP contribution in [0.25, 0.3) is 0 Å². The summed E-state index contributed by atoms with van der Waals surface area (Å²) in [5, 5.41) is 0. The maximum Gasteiger partial charge on any atom is 0.132 e. The third-order valence-electron chi connectivity index (χ3n) is 2.93. The molecule has 0 saturated heterocycles. The summed E-state index contributed by atoms with van der Waals surface area (Å²) < 4.78 is 0. The SMILES string of the molecule is CCC(=O)CCCN(C)C(C)CC(C)C. The van der Waals surface area contributed by atoms with Crippen LogP contribution in [0.3, 0.4) is 0 Å². The molecule has 0 bridgehead atoms. The van der Waals surface area contributed by atoms with Gasteiger partial charge in [0.15, 0.2) is 0 Å². The lowest BCUT2D eigenvalue weighted by molar-refractivity contribution is -0.118. The van der Waals surface area contributed by atoms with E-state index in [9.17, 15) is 4.79 Å². The summed E-state index contributed by atoms with van der Waals surface area (Å²) in [6.07, 6.45) is 3.67. The largest absolute Gasteiger partial charge is 0.304 e. The van der Waals surface area contributed by atoms with Gasteiger partial charge in [-0.2, -0.15) is 0 Å². The molecule has 0 radical (unpaired) electrons. The summed E-state index contributed by atoms with van der Waals surface area (Å²) in [6, 6.07) is 0.627. The predicted octanol–water partition coefficient (Wildman–Crippen LogP) is 3.11. The molecule has 90 valence electrons. The minimum absolute atomic E-state index is 0.389. The van der Waals surface area contributed by atoms with Crippen molar-refractivity contribution < 1.29 is 4.79 Å². The van der Waals surface area contributed by atoms with Crippen LogP contribution in [0.15, 0.2) is 0 Å². The second kappa shape index (κ2) is 7.86. The quantitative estimate of drug-likeness (QED) is 0.617. The number of Topliss-reactive ketones (excluding diaryl/α,β-unsaturated/α-hetero) is 1. The first kappa shape index (κ1) is 14.6. The molecule has 15 heavy (non-hydrogen) atoms. The van der Waals surface area contributed by atoms with Crippen molar-refractivity contribution in [1.82, 2.24) is 4.90 Å². The highest BCUT2D eigenvalue weighted by Crippen LogP contribution is 2.10. The van der Waals surface area contributed by atoms with Crippen LogP contribution in [0.1, 0.15) is 53.4 Å². The first-order chi connectivity index (χ1) is 6.97. The Kier molecular flexibility index (Phi) is 7.67. The number of hydrogen-bond acceptors (Lipinski definition) is 2. The van der Waals surface area contributed by atoms with Crippen molar-refractivity contribution in [3.8, 4) is 0 Å². The second-order valence-corrected chi connectivity index (χ2v) is 4.95. The molecule has 0 amide bonds. The standard InChI is InChI=1S/C13H27NO/c1-6-13(15)8-7-9-14(5)12(4)10-11(2)3/h11-12H,6-10H2,1-5H3. The fraction of sp³-hybridized carbons (Fsp3) is 0.923. The summed E-state index contributed by atoms with van der Waals surface area (Å²) in [7, 11) is 2.16. The summed E-state index contributed by atoms with van der Waals surface area (Å²) >= 11 is 0. The fourth-order valence-electron chi connectivity index (χ4n) is 1.78. The minimum Gasteiger partial charge on any atom is -0.304 e. The topological polar surface area (TPSA) is 20.3 Å². The number of nitrogens with zero attached hydrogens (tertiary/aromatic N) is 1. The zero-order valence-corrected chi connectivity index (χ0v) is 11.0. The van der Waals surface area contributed by atoms with Gasteiger partial charge in [0.1, 0.15) is 5.78 Å². The molecule has 2 nitrogen and oxygen atoms in total. The Morgan fingerprint density at radius 1 is 1.27 bits per heavy atom. The molecular formula is C13H27NO. The molecule has 0 spiro atoms. The van der Waals surface area contributed by atoms with Gasteiger partial charge >= 0.3 is 0 Å². The fourth-order valence-corrected chi connectivity index (χ4v) is 1.78. The molecule has 0 saturated carbocycles. The van der Waals surface area contributed by atoms with E-state index in [1.54, 1.807) is 0 Å². The molecule has 0 aromatic heterocycles. The van der Waals surface area contributed by atoms with Crippen molar-refractivity contribution in [2.24, 2.45) is 5.92 Å². The lowest BCUT2D eigenvalue weighted by atomic mass is 10.0. The molecule has 0 aliphatic heterocycles. The number of rotatable bonds is 8. The van der Waals surface area contributed by atoms with Gasteiger partial charge in [-0.1, -0.05) is 20.8 Å². The highest BCUT2D eigenvalue weighted by atomic mass is 16.1. The minimum atomic E-state index is 0.389. The van der Waals surface area contributed by atoms with Crippen LogP contribution in [0.5, 0.6) is 0 Å². The van der Waals surface area contributed by atoms with Crippen molar-refractivity contribution in [3.05, 3.63) is 0 Å². The molecule has 1 unspecified atom stereocenters. The number of ketones is 1. The van der Waals surface area contributed by atoms with E-state index in [4.69, 9.17) is 0 Å². The molecule has 1 atom stereocenters. The first-order valence-corrected chi connectivity index (χ1v) is 6.19. The zero-order chi connectivity index (χ0) is 11.8. The highest BCUT2D eigenvalue weighted by Gasteiger charge is 2.10. The molecule has 0 heterocycles. The Morgan fingerprint density at radius 2 is 1.87 bits per heavy atom. The zero-order valence-electron chi connectivity index (χ0n) is 11.0. The smallest absolute Gasteiger partial charge is 0.132 e. The molecule has 0 aromatic carbocycles. The maximum atomic E-state index is 11.1. The Bertz CT molecular complexity index is 177. The average Bonchev–Trinajstić information content (AvgIpc) is 2.16. The Labute approximate surface area is 95.0 Å². The number of hydrogen-bond donors (Lipinski definition) is 0. The lowest BCUT2D eigenvalue weighted by Crippen LogP contribution is -2.31. The van der Waals surface area contributed by atoms with Gasteiger partial charge in [-0.25, -0.2) is 0 Å². The Hall–Kier alpha value is -0.370. The average molecular weight is 213 g/mol. The van der Waals surface area contributed by atoms with E-state index in [-0.39, 0.29) is 0 Å². The van der Waals surface area contributed by atoms with Crippen molar-refractivity contribution in [1.29, 1.82) is 0 Å². The van der Waals surface area contributed by atoms with Crippen molar-refractivity contribution in [3.63, 3.8) is 0 Å². The van der Waals surface area contributed by atoms with Crippen molar-refractivity contribution in [2.75, 3.05) is 13.6 Å². The van der Waals surface area contributed by atoms with E-state index in [0.717, 1.165) is 25.3 Å². The molecule has 0 aliphatic carbocycles. The van der Waals surface area contributed by atoms with Gasteiger partial charge in [0, 0.05) is 18.9 Å². The van der Waals surface area contributed by atoms with Crippen molar-refractivity contribution >= 4 is 5.78 Å². The van der Waals surface area contributed by atoms with Gasteiger partial charge in [0.25, 0.3) is 0 Å². The molecule has 0 fully saturated rings. The van der Waals surface area contributed by atoms with Crippen LogP contribution in [0.2, 0.25) is 0 Å². The van der Waals surface area contributed by atoms with Gasteiger partial charge in [-0.15, -0.1) is 0 Å². The van der Waals surface area contributed by atoms with Crippen molar-refractivity contribution in [2.45, 2.75) is 59.4 Å². The monoisotopic (exact) mass is 213 g/mol. The summed E-state index contributed by atoms with van der Waals surface area (Å²) in [5.41, 5.74) is 0. The Morgan fingerprint density at radius 3 is 2.33 bits per heavy atom. The number of carbonyl (C=O) groups is 1. The van der Waals surface area contributed by atoms with E-state index in [0.29, 0.717) is 18.2 Å². The van der Waals surface area contributed by atoms with E-state index in [1.165, 1.54) is 6.42 Å². The molecular weight excluding hydrogens is 186 g/mol. The van der Waals surface area contributed by atoms with Crippen LogP contribution in [-0.2, 0) is 4.79 Å². The van der Waals surface area contributed by atoms with Gasteiger partial charge < -0.3 is 4.90 Å². The summed E-state index contributed by atoms with van der Waals surface area (Å²) in [4.78, 5) is 13.5. The van der Waals surface area contributed by atoms with Gasteiger partial charge in [0.2, 0.25) is 0 Å². The first-order valence-electron chi connectivity index (χ1n) is 6.19. The predicted molar refractivity (Wildman–Crippen MR) is 66.1 cm³/mol. The third kappa shape index (κ3) is 7.55. The Balaban J connectivity index is 3.63. The van der Waals surface area contributed by atoms with Gasteiger partial charge in [0.05, 0.1) is 0 Å². The van der Waals surface area contributed by atoms with Crippen LogP contribution < -0.4 is 0 Å². The molecule has 0 aromatic rings. The van der Waals surface area contributed by atoms with E-state index in [2.05, 4.69) is 32.7 Å². The number of carbonyl (C=O) groups excluding carboxylic acids is 1. The second-order valence-electron chi connectivity index (χ2n) is 4.95. The van der Waals surface area contributed by atoms with Gasteiger partial charge in [-0.3, -0.25) is 4.79 Å². The van der Waals surface area contributed by atoms with E-state index in [1.807, 2.05) is 6.92 Å². The van der Waals surface area contributed by atoms with Gasteiger partial charge in [-0.05, 0) is 39.3 Å². The van der Waals surface area contributed by atoms with E-state index >= 15 is 0 Å². The molecule has 0 aliphatic rings. The van der Waals surface area contributed by atoms with Crippen LogP contribution in [0.4, 0.5) is 0 Å². The summed E-state index contributed by atoms with van der Waals surface area (Å²) in [5.74, 6) is 1.14. The molecule has 0 rings (SSSR count).